The average molecular weight is 276 g/mol. The van der Waals surface area contributed by atoms with Gasteiger partial charge >= 0.3 is 0 Å². The molecule has 0 spiro atoms. The van der Waals surface area contributed by atoms with Gasteiger partial charge in [-0.15, -0.1) is 0 Å². The lowest BCUT2D eigenvalue weighted by Gasteiger charge is -2.36. The summed E-state index contributed by atoms with van der Waals surface area (Å²) in [7, 11) is 0. The Labute approximate surface area is 122 Å². The Morgan fingerprint density at radius 1 is 0.950 bits per heavy atom. The molecule has 3 nitrogen and oxygen atoms in total. The fraction of sp³-hybridized carbons (Fsp3) is 0.941. The number of carbonyl (C=O) groups is 1. The van der Waals surface area contributed by atoms with Gasteiger partial charge in [0, 0.05) is 25.0 Å². The zero-order valence-corrected chi connectivity index (χ0v) is 12.5. The van der Waals surface area contributed by atoms with Crippen molar-refractivity contribution in [3.8, 4) is 0 Å². The van der Waals surface area contributed by atoms with E-state index in [-0.39, 0.29) is 0 Å². The number of hydrogen-bond donors (Lipinski definition) is 1. The SMILES string of the molecule is O=C(C(C1CC1)C1CC1)N1CCC(C2CCCN2)CC1. The Bertz CT molecular complexity index is 349. The molecule has 20 heavy (non-hydrogen) atoms. The maximum atomic E-state index is 12.8. The van der Waals surface area contributed by atoms with Crippen molar-refractivity contribution in [3.63, 3.8) is 0 Å². The van der Waals surface area contributed by atoms with Crippen LogP contribution in [-0.4, -0.2) is 36.5 Å². The number of likely N-dealkylation sites (tertiary alicyclic amines) is 1. The molecule has 1 unspecified atom stereocenters. The van der Waals surface area contributed by atoms with Crippen molar-refractivity contribution in [3.05, 3.63) is 0 Å². The number of rotatable bonds is 4. The number of piperidine rings is 1. The van der Waals surface area contributed by atoms with Crippen LogP contribution in [0.25, 0.3) is 0 Å². The molecule has 0 bridgehead atoms. The molecular formula is C17H28N2O. The van der Waals surface area contributed by atoms with Crippen LogP contribution in [-0.2, 0) is 4.79 Å². The first-order valence-electron chi connectivity index (χ1n) is 8.85. The zero-order chi connectivity index (χ0) is 13.5. The van der Waals surface area contributed by atoms with Gasteiger partial charge in [0.1, 0.15) is 0 Å². The molecule has 2 saturated heterocycles. The summed E-state index contributed by atoms with van der Waals surface area (Å²) >= 11 is 0. The molecular weight excluding hydrogens is 248 g/mol. The third-order valence-electron chi connectivity index (χ3n) is 6.06. The summed E-state index contributed by atoms with van der Waals surface area (Å²) in [4.78, 5) is 15.0. The van der Waals surface area contributed by atoms with Crippen molar-refractivity contribution >= 4 is 5.91 Å². The Morgan fingerprint density at radius 3 is 2.10 bits per heavy atom. The minimum absolute atomic E-state index is 0.413. The molecule has 1 amide bonds. The van der Waals surface area contributed by atoms with E-state index < -0.39 is 0 Å². The van der Waals surface area contributed by atoms with Gasteiger partial charge in [-0.2, -0.15) is 0 Å². The van der Waals surface area contributed by atoms with Crippen molar-refractivity contribution in [2.24, 2.45) is 23.7 Å². The van der Waals surface area contributed by atoms with Crippen molar-refractivity contribution in [1.82, 2.24) is 10.2 Å². The van der Waals surface area contributed by atoms with Crippen LogP contribution in [0.15, 0.2) is 0 Å². The van der Waals surface area contributed by atoms with Crippen LogP contribution < -0.4 is 5.32 Å². The molecule has 0 aromatic heterocycles. The normalized spacial score (nSPS) is 32.0. The standard InChI is InChI=1S/C17H28N2O/c20-17(16(13-3-4-13)14-5-6-14)19-10-7-12(8-11-19)15-2-1-9-18-15/h12-16,18H,1-11H2. The Hall–Kier alpha value is -0.570. The fourth-order valence-corrected chi connectivity index (χ4v) is 4.55. The highest BCUT2D eigenvalue weighted by Gasteiger charge is 2.47. The van der Waals surface area contributed by atoms with Crippen LogP contribution in [0.5, 0.6) is 0 Å². The summed E-state index contributed by atoms with van der Waals surface area (Å²) in [5.41, 5.74) is 0. The van der Waals surface area contributed by atoms with Crippen molar-refractivity contribution < 1.29 is 4.79 Å². The summed E-state index contributed by atoms with van der Waals surface area (Å²) < 4.78 is 0. The highest BCUT2D eigenvalue weighted by Crippen LogP contribution is 2.50. The second-order valence-electron chi connectivity index (χ2n) is 7.57. The van der Waals surface area contributed by atoms with E-state index >= 15 is 0 Å². The first-order valence-corrected chi connectivity index (χ1v) is 8.85. The molecule has 2 aliphatic heterocycles. The molecule has 4 aliphatic rings. The van der Waals surface area contributed by atoms with Gasteiger partial charge in [0.2, 0.25) is 5.91 Å². The number of carbonyl (C=O) groups excluding carboxylic acids is 1. The van der Waals surface area contributed by atoms with Crippen LogP contribution in [0.4, 0.5) is 0 Å². The average Bonchev–Trinajstić information content (AvgIpc) is 3.42. The largest absolute Gasteiger partial charge is 0.342 e. The number of amides is 1. The molecule has 0 aromatic rings. The highest BCUT2D eigenvalue weighted by molar-refractivity contribution is 5.80. The highest BCUT2D eigenvalue weighted by atomic mass is 16.2. The van der Waals surface area contributed by atoms with Crippen molar-refractivity contribution in [2.75, 3.05) is 19.6 Å². The molecule has 2 aliphatic carbocycles. The van der Waals surface area contributed by atoms with Gasteiger partial charge in [-0.1, -0.05) is 0 Å². The van der Waals surface area contributed by atoms with Gasteiger partial charge in [0.25, 0.3) is 0 Å². The topological polar surface area (TPSA) is 32.3 Å². The monoisotopic (exact) mass is 276 g/mol. The van der Waals surface area contributed by atoms with Gasteiger partial charge in [0.05, 0.1) is 0 Å². The molecule has 4 rings (SSSR count). The molecule has 3 heteroatoms. The number of nitrogens with one attached hydrogen (secondary N) is 1. The van der Waals surface area contributed by atoms with Gasteiger partial charge < -0.3 is 10.2 Å². The van der Waals surface area contributed by atoms with Gasteiger partial charge in [-0.3, -0.25) is 4.79 Å². The second-order valence-corrected chi connectivity index (χ2v) is 7.57. The van der Waals surface area contributed by atoms with E-state index in [0.29, 0.717) is 11.8 Å². The zero-order valence-electron chi connectivity index (χ0n) is 12.5. The van der Waals surface area contributed by atoms with Gasteiger partial charge in [-0.05, 0) is 75.7 Å². The Kier molecular flexibility index (Phi) is 3.49. The smallest absolute Gasteiger partial charge is 0.226 e. The lowest BCUT2D eigenvalue weighted by atomic mass is 9.87. The molecule has 0 radical (unpaired) electrons. The minimum atomic E-state index is 0.413. The van der Waals surface area contributed by atoms with E-state index in [0.717, 1.165) is 36.9 Å². The molecule has 4 fully saturated rings. The number of hydrogen-bond acceptors (Lipinski definition) is 2. The maximum absolute atomic E-state index is 12.8. The Morgan fingerprint density at radius 2 is 1.60 bits per heavy atom. The predicted molar refractivity (Wildman–Crippen MR) is 79.3 cm³/mol. The van der Waals surface area contributed by atoms with Crippen LogP contribution in [0.1, 0.15) is 51.4 Å². The lowest BCUT2D eigenvalue weighted by molar-refractivity contribution is -0.138. The molecule has 1 N–H and O–H groups in total. The van der Waals surface area contributed by atoms with E-state index in [2.05, 4.69) is 10.2 Å². The summed E-state index contributed by atoms with van der Waals surface area (Å²) in [5, 5.41) is 3.65. The summed E-state index contributed by atoms with van der Waals surface area (Å²) in [6.45, 7) is 3.25. The summed E-state index contributed by atoms with van der Waals surface area (Å²) in [6.07, 6.45) is 10.4. The van der Waals surface area contributed by atoms with E-state index in [1.54, 1.807) is 0 Å². The van der Waals surface area contributed by atoms with Crippen LogP contribution >= 0.6 is 0 Å². The minimum Gasteiger partial charge on any atom is -0.342 e. The quantitative estimate of drug-likeness (QED) is 0.855. The van der Waals surface area contributed by atoms with Crippen LogP contribution in [0.2, 0.25) is 0 Å². The molecule has 0 aromatic carbocycles. The predicted octanol–water partition coefficient (Wildman–Crippen LogP) is 2.41. The van der Waals surface area contributed by atoms with Gasteiger partial charge in [0.15, 0.2) is 0 Å². The lowest BCUT2D eigenvalue weighted by Crippen LogP contribution is -2.46. The number of nitrogens with zero attached hydrogens (tertiary/aromatic N) is 1. The Balaban J connectivity index is 1.32. The summed E-state index contributed by atoms with van der Waals surface area (Å²) in [6, 6.07) is 0.745. The molecule has 2 heterocycles. The van der Waals surface area contributed by atoms with Crippen molar-refractivity contribution in [2.45, 2.75) is 57.4 Å². The van der Waals surface area contributed by atoms with E-state index in [1.165, 1.54) is 57.9 Å². The van der Waals surface area contributed by atoms with Gasteiger partial charge in [-0.25, -0.2) is 0 Å². The molecule has 2 saturated carbocycles. The first kappa shape index (κ1) is 13.1. The fourth-order valence-electron chi connectivity index (χ4n) is 4.55. The van der Waals surface area contributed by atoms with E-state index in [1.807, 2.05) is 0 Å². The molecule has 1 atom stereocenters. The van der Waals surface area contributed by atoms with E-state index in [9.17, 15) is 4.79 Å². The third-order valence-corrected chi connectivity index (χ3v) is 6.06. The maximum Gasteiger partial charge on any atom is 0.226 e. The van der Waals surface area contributed by atoms with Crippen LogP contribution in [0.3, 0.4) is 0 Å². The van der Waals surface area contributed by atoms with Crippen LogP contribution in [0, 0.1) is 23.7 Å². The van der Waals surface area contributed by atoms with E-state index in [4.69, 9.17) is 0 Å². The molecule has 112 valence electrons. The summed E-state index contributed by atoms with van der Waals surface area (Å²) in [5.74, 6) is 3.26. The third kappa shape index (κ3) is 2.61. The second kappa shape index (κ2) is 5.32. The van der Waals surface area contributed by atoms with Crippen molar-refractivity contribution in [1.29, 1.82) is 0 Å². The first-order chi connectivity index (χ1) is 9.83.